The molecule has 0 N–H and O–H groups in total. The molecule has 0 bridgehead atoms. The molecule has 0 amide bonds. The highest BCUT2D eigenvalue weighted by molar-refractivity contribution is 7.15. The Morgan fingerprint density at radius 2 is 1.81 bits per heavy atom. The average molecular weight is 505 g/mol. The van der Waals surface area contributed by atoms with Gasteiger partial charge in [-0.3, -0.25) is 9.78 Å². The van der Waals surface area contributed by atoms with Crippen LogP contribution in [0.2, 0.25) is 0 Å². The first-order chi connectivity index (χ1) is 18.2. The van der Waals surface area contributed by atoms with E-state index in [0.29, 0.717) is 21.9 Å². The van der Waals surface area contributed by atoms with Crippen molar-refractivity contribution in [1.29, 1.82) is 0 Å². The summed E-state index contributed by atoms with van der Waals surface area (Å²) < 4.78 is 9.29. The van der Waals surface area contributed by atoms with Crippen LogP contribution in [0.15, 0.2) is 103 Å². The highest BCUT2D eigenvalue weighted by Crippen LogP contribution is 2.26. The molecule has 8 nitrogen and oxygen atoms in total. The predicted octanol–water partition coefficient (Wildman–Crippen LogP) is 4.18. The molecule has 0 unspecified atom stereocenters. The fourth-order valence-electron chi connectivity index (χ4n) is 3.89. The normalized spacial score (nSPS) is 11.7. The fourth-order valence-corrected chi connectivity index (χ4v) is 4.79. The minimum Gasteiger partial charge on any atom is -0.490 e. The van der Waals surface area contributed by atoms with E-state index in [1.807, 2.05) is 83.7 Å². The van der Waals surface area contributed by atoms with Crippen LogP contribution in [0.3, 0.4) is 0 Å². The number of aromatic nitrogens is 6. The van der Waals surface area contributed by atoms with Gasteiger partial charge in [-0.05, 0) is 54.6 Å². The Labute approximate surface area is 215 Å². The molecule has 0 aliphatic heterocycles. The van der Waals surface area contributed by atoms with Gasteiger partial charge in [0.1, 0.15) is 18.1 Å². The van der Waals surface area contributed by atoms with E-state index < -0.39 is 0 Å². The molecule has 0 saturated carbocycles. The summed E-state index contributed by atoms with van der Waals surface area (Å²) in [5.41, 5.74) is 3.90. The van der Waals surface area contributed by atoms with Crippen molar-refractivity contribution in [1.82, 2.24) is 29.4 Å². The Morgan fingerprint density at radius 3 is 2.54 bits per heavy atom. The fraction of sp³-hybridized carbons (Fsp3) is 0.0357. The molecule has 0 spiro atoms. The van der Waals surface area contributed by atoms with Crippen LogP contribution in [-0.4, -0.2) is 36.0 Å². The van der Waals surface area contributed by atoms with Gasteiger partial charge in [-0.25, -0.2) is 4.68 Å². The number of para-hydroxylation sites is 1. The first-order valence-corrected chi connectivity index (χ1v) is 12.3. The van der Waals surface area contributed by atoms with Crippen LogP contribution in [0, 0.1) is 0 Å². The first-order valence-electron chi connectivity index (χ1n) is 11.5. The van der Waals surface area contributed by atoms with Crippen molar-refractivity contribution in [2.45, 2.75) is 0 Å². The maximum atomic E-state index is 13.2. The molecule has 6 rings (SSSR count). The minimum absolute atomic E-state index is 0.228. The second-order valence-electron chi connectivity index (χ2n) is 8.12. The maximum absolute atomic E-state index is 13.2. The van der Waals surface area contributed by atoms with E-state index in [1.165, 1.54) is 15.9 Å². The Hall–Kier alpha value is -4.89. The molecule has 0 aliphatic rings. The monoisotopic (exact) mass is 504 g/mol. The molecule has 0 fully saturated rings. The lowest BCUT2D eigenvalue weighted by Gasteiger charge is -2.04. The minimum atomic E-state index is -0.228. The van der Waals surface area contributed by atoms with Crippen LogP contribution in [0.5, 0.6) is 5.75 Å². The summed E-state index contributed by atoms with van der Waals surface area (Å²) in [7, 11) is 0. The summed E-state index contributed by atoms with van der Waals surface area (Å²) in [5.74, 6) is 1.22. The van der Waals surface area contributed by atoms with Gasteiger partial charge < -0.3 is 4.74 Å². The lowest BCUT2D eigenvalue weighted by molar-refractivity contribution is 0.363. The molecular weight excluding hydrogens is 484 g/mol. The number of pyridine rings is 1. The van der Waals surface area contributed by atoms with Crippen molar-refractivity contribution in [2.75, 3.05) is 6.61 Å². The molecule has 6 aromatic rings. The Morgan fingerprint density at radius 1 is 0.973 bits per heavy atom. The average Bonchev–Trinajstić information content (AvgIpc) is 3.64. The van der Waals surface area contributed by atoms with Gasteiger partial charge in [-0.1, -0.05) is 42.2 Å². The number of ether oxygens (including phenoxy) is 1. The van der Waals surface area contributed by atoms with Gasteiger partial charge >= 0.3 is 0 Å². The van der Waals surface area contributed by atoms with Crippen molar-refractivity contribution < 1.29 is 4.74 Å². The van der Waals surface area contributed by atoms with Gasteiger partial charge in [-0.2, -0.15) is 14.6 Å². The molecule has 2 aromatic carbocycles. The smallest absolute Gasteiger partial charge is 0.291 e. The number of nitrogens with zero attached hydrogens (tertiary/aromatic N) is 6. The first kappa shape index (κ1) is 22.6. The highest BCUT2D eigenvalue weighted by Gasteiger charge is 2.15. The van der Waals surface area contributed by atoms with Crippen LogP contribution in [0.4, 0.5) is 0 Å². The molecule has 180 valence electrons. The van der Waals surface area contributed by atoms with Crippen molar-refractivity contribution in [2.24, 2.45) is 0 Å². The summed E-state index contributed by atoms with van der Waals surface area (Å²) in [4.78, 5) is 22.4. The van der Waals surface area contributed by atoms with E-state index in [1.54, 1.807) is 18.5 Å². The van der Waals surface area contributed by atoms with Gasteiger partial charge in [0.2, 0.25) is 4.96 Å². The lowest BCUT2D eigenvalue weighted by atomic mass is 10.1. The molecule has 4 heterocycles. The van der Waals surface area contributed by atoms with E-state index in [9.17, 15) is 4.79 Å². The SMILES string of the molecule is C=CCOc1ccc(-c2nn(-c3ccccc3)cc2/C=c2\sc3nc(-c4cccnc4)nn3c2=O)cc1. The largest absolute Gasteiger partial charge is 0.490 e. The van der Waals surface area contributed by atoms with Gasteiger partial charge in [0.05, 0.1) is 10.2 Å². The van der Waals surface area contributed by atoms with Crippen molar-refractivity contribution in [3.05, 3.63) is 118 Å². The molecule has 9 heteroatoms. The maximum Gasteiger partial charge on any atom is 0.291 e. The summed E-state index contributed by atoms with van der Waals surface area (Å²) in [5, 5.41) is 9.26. The number of benzene rings is 2. The molecule has 0 atom stereocenters. The Bertz CT molecular complexity index is 1810. The van der Waals surface area contributed by atoms with Crippen LogP contribution in [0.25, 0.3) is 39.4 Å². The van der Waals surface area contributed by atoms with Gasteiger partial charge in [0.15, 0.2) is 5.82 Å². The zero-order chi connectivity index (χ0) is 25.2. The second kappa shape index (κ2) is 9.63. The zero-order valence-electron chi connectivity index (χ0n) is 19.6. The van der Waals surface area contributed by atoms with Crippen molar-refractivity contribution in [3.63, 3.8) is 0 Å². The Kier molecular flexibility index (Phi) is 5.88. The van der Waals surface area contributed by atoms with E-state index >= 15 is 0 Å². The predicted molar refractivity (Wildman–Crippen MR) is 144 cm³/mol. The van der Waals surface area contributed by atoms with E-state index in [0.717, 1.165) is 33.8 Å². The Balaban J connectivity index is 1.45. The van der Waals surface area contributed by atoms with Crippen molar-refractivity contribution >= 4 is 22.4 Å². The molecule has 0 radical (unpaired) electrons. The summed E-state index contributed by atoms with van der Waals surface area (Å²) in [6.45, 7) is 4.12. The third-order valence-electron chi connectivity index (χ3n) is 5.65. The summed E-state index contributed by atoms with van der Waals surface area (Å²) in [6, 6.07) is 21.2. The summed E-state index contributed by atoms with van der Waals surface area (Å²) >= 11 is 1.29. The third kappa shape index (κ3) is 4.43. The number of fused-ring (bicyclic) bond motifs is 1. The quantitative estimate of drug-likeness (QED) is 0.303. The third-order valence-corrected chi connectivity index (χ3v) is 6.61. The van der Waals surface area contributed by atoms with Crippen LogP contribution in [0.1, 0.15) is 5.56 Å². The topological polar surface area (TPSA) is 87.2 Å². The molecular formula is C28H20N6O2S. The van der Waals surface area contributed by atoms with Crippen LogP contribution < -0.4 is 14.8 Å². The standard InChI is InChI=1S/C28H20N6O2S/c1-2-15-36-23-12-10-19(11-13-23)25-21(18-33(31-25)22-8-4-3-5-9-22)16-24-27(35)34-28(37-24)30-26(32-34)20-7-6-14-29-17-20/h2-14,16-18H,1,15H2/b24-16-. The molecule has 0 aliphatic carbocycles. The number of rotatable bonds is 7. The zero-order valence-corrected chi connectivity index (χ0v) is 20.4. The number of thiazole rings is 1. The summed E-state index contributed by atoms with van der Waals surface area (Å²) in [6.07, 6.45) is 8.83. The number of hydrogen-bond acceptors (Lipinski definition) is 7. The molecule has 0 saturated heterocycles. The van der Waals surface area contributed by atoms with E-state index in [4.69, 9.17) is 9.84 Å². The van der Waals surface area contributed by atoms with Crippen LogP contribution in [-0.2, 0) is 0 Å². The van der Waals surface area contributed by atoms with Crippen molar-refractivity contribution in [3.8, 4) is 34.1 Å². The number of hydrogen-bond donors (Lipinski definition) is 0. The van der Waals surface area contributed by atoms with Gasteiger partial charge in [0, 0.05) is 35.3 Å². The lowest BCUT2D eigenvalue weighted by Crippen LogP contribution is -2.23. The van der Waals surface area contributed by atoms with Gasteiger partial charge in [0.25, 0.3) is 5.56 Å². The van der Waals surface area contributed by atoms with Gasteiger partial charge in [-0.15, -0.1) is 5.10 Å². The van der Waals surface area contributed by atoms with Crippen LogP contribution >= 0.6 is 11.3 Å². The van der Waals surface area contributed by atoms with E-state index in [-0.39, 0.29) is 5.56 Å². The second-order valence-corrected chi connectivity index (χ2v) is 9.13. The molecule has 37 heavy (non-hydrogen) atoms. The van der Waals surface area contributed by atoms with E-state index in [2.05, 4.69) is 21.6 Å². The molecule has 4 aromatic heterocycles. The highest BCUT2D eigenvalue weighted by atomic mass is 32.1.